The smallest absolute Gasteiger partial charge is 0.253 e. The summed E-state index contributed by atoms with van der Waals surface area (Å²) in [6, 6.07) is 13.0. The number of thiazole rings is 1. The van der Waals surface area contributed by atoms with Gasteiger partial charge in [-0.3, -0.25) is 14.6 Å². The first-order valence-corrected chi connectivity index (χ1v) is 11.7. The van der Waals surface area contributed by atoms with Crippen molar-refractivity contribution in [3.8, 4) is 16.5 Å². The van der Waals surface area contributed by atoms with Crippen LogP contribution < -0.4 is 10.1 Å². The molecule has 2 amide bonds. The van der Waals surface area contributed by atoms with Crippen molar-refractivity contribution < 1.29 is 14.3 Å². The molecular formula is C24H26N4O3S. The maximum atomic E-state index is 12.7. The van der Waals surface area contributed by atoms with Gasteiger partial charge in [0.2, 0.25) is 5.91 Å². The molecule has 32 heavy (non-hydrogen) atoms. The second kappa shape index (κ2) is 10.4. The van der Waals surface area contributed by atoms with Crippen LogP contribution in [0.4, 0.5) is 0 Å². The van der Waals surface area contributed by atoms with E-state index in [4.69, 9.17) is 4.74 Å². The highest BCUT2D eigenvalue weighted by Gasteiger charge is 2.25. The van der Waals surface area contributed by atoms with Crippen molar-refractivity contribution in [1.29, 1.82) is 0 Å². The zero-order valence-corrected chi connectivity index (χ0v) is 18.8. The largest absolute Gasteiger partial charge is 0.494 e. The number of nitrogens with zero attached hydrogens (tertiary/aromatic N) is 3. The first-order valence-electron chi connectivity index (χ1n) is 10.8. The van der Waals surface area contributed by atoms with Gasteiger partial charge in [-0.2, -0.15) is 0 Å². The highest BCUT2D eigenvalue weighted by atomic mass is 32.1. The van der Waals surface area contributed by atoms with E-state index in [9.17, 15) is 9.59 Å². The summed E-state index contributed by atoms with van der Waals surface area (Å²) in [5.74, 6) is 0.735. The topological polar surface area (TPSA) is 84.4 Å². The third-order valence-corrected chi connectivity index (χ3v) is 6.25. The molecule has 1 fully saturated rings. The molecule has 2 aromatic heterocycles. The summed E-state index contributed by atoms with van der Waals surface area (Å²) in [6.07, 6.45) is 3.46. The molecular weight excluding hydrogens is 424 g/mol. The van der Waals surface area contributed by atoms with Gasteiger partial charge < -0.3 is 15.0 Å². The third kappa shape index (κ3) is 5.50. The second-order valence-corrected chi connectivity index (χ2v) is 8.49. The summed E-state index contributed by atoms with van der Waals surface area (Å²) >= 11 is 1.49. The molecule has 0 spiro atoms. The van der Waals surface area contributed by atoms with Gasteiger partial charge in [-0.15, -0.1) is 11.3 Å². The molecule has 0 radical (unpaired) electrons. The fourth-order valence-electron chi connectivity index (χ4n) is 3.71. The highest BCUT2D eigenvalue weighted by Crippen LogP contribution is 2.22. The lowest BCUT2D eigenvalue weighted by molar-refractivity contribution is -0.121. The molecule has 4 rings (SSSR count). The number of rotatable bonds is 7. The predicted octanol–water partition coefficient (Wildman–Crippen LogP) is 3.57. The van der Waals surface area contributed by atoms with Crippen LogP contribution in [-0.4, -0.2) is 52.4 Å². The summed E-state index contributed by atoms with van der Waals surface area (Å²) in [4.78, 5) is 35.9. The van der Waals surface area contributed by atoms with E-state index in [0.29, 0.717) is 25.3 Å². The second-order valence-electron chi connectivity index (χ2n) is 7.63. The zero-order valence-electron chi connectivity index (χ0n) is 18.0. The van der Waals surface area contributed by atoms with Gasteiger partial charge in [-0.05, 0) is 56.2 Å². The Bertz CT molecular complexity index is 1040. The fourth-order valence-corrected chi connectivity index (χ4v) is 4.50. The van der Waals surface area contributed by atoms with Crippen LogP contribution in [0.5, 0.6) is 5.75 Å². The summed E-state index contributed by atoms with van der Waals surface area (Å²) in [7, 11) is 0. The highest BCUT2D eigenvalue weighted by molar-refractivity contribution is 7.13. The monoisotopic (exact) mass is 450 g/mol. The van der Waals surface area contributed by atoms with Crippen LogP contribution in [0.15, 0.2) is 54.0 Å². The zero-order chi connectivity index (χ0) is 22.3. The minimum absolute atomic E-state index is 0.0161. The number of hydrogen-bond donors (Lipinski definition) is 1. The standard InChI is InChI=1S/C24H26N4O3S/c1-2-31-20-8-6-17(7-9-20)24(30)28-13-10-18(11-14-28)26-22(29)15-19-16-32-23(27-19)21-5-3-4-12-25-21/h3-9,12,16,18H,2,10-11,13-15H2,1H3,(H,26,29). The number of amides is 2. The van der Waals surface area contributed by atoms with Crippen LogP contribution in [0.3, 0.4) is 0 Å². The normalized spacial score (nSPS) is 14.2. The minimum atomic E-state index is -0.0424. The van der Waals surface area contributed by atoms with E-state index in [1.807, 2.05) is 47.5 Å². The van der Waals surface area contributed by atoms with Crippen LogP contribution >= 0.6 is 11.3 Å². The molecule has 8 heteroatoms. The third-order valence-electron chi connectivity index (χ3n) is 5.34. The molecule has 3 heterocycles. The Hall–Kier alpha value is -3.26. The number of ether oxygens (including phenoxy) is 1. The Balaban J connectivity index is 1.24. The Morgan fingerprint density at radius 2 is 1.94 bits per heavy atom. The summed E-state index contributed by atoms with van der Waals surface area (Å²) in [5.41, 5.74) is 2.22. The van der Waals surface area contributed by atoms with Crippen molar-refractivity contribution in [1.82, 2.24) is 20.2 Å². The first kappa shape index (κ1) is 22.0. The predicted molar refractivity (Wildman–Crippen MR) is 124 cm³/mol. The quantitative estimate of drug-likeness (QED) is 0.595. The Labute approximate surface area is 191 Å². The van der Waals surface area contributed by atoms with Crippen molar-refractivity contribution in [2.75, 3.05) is 19.7 Å². The SMILES string of the molecule is CCOc1ccc(C(=O)N2CCC(NC(=O)Cc3csc(-c4ccccn4)n3)CC2)cc1. The van der Waals surface area contributed by atoms with Gasteiger partial charge in [0.1, 0.15) is 10.8 Å². The van der Waals surface area contributed by atoms with E-state index in [2.05, 4.69) is 15.3 Å². The molecule has 1 saturated heterocycles. The molecule has 3 aromatic rings. The number of nitrogens with one attached hydrogen (secondary N) is 1. The van der Waals surface area contributed by atoms with Crippen molar-refractivity contribution >= 4 is 23.2 Å². The first-order chi connectivity index (χ1) is 15.6. The molecule has 0 bridgehead atoms. The van der Waals surface area contributed by atoms with Gasteiger partial charge >= 0.3 is 0 Å². The number of hydrogen-bond acceptors (Lipinski definition) is 6. The average molecular weight is 451 g/mol. The maximum absolute atomic E-state index is 12.7. The van der Waals surface area contributed by atoms with E-state index in [1.54, 1.807) is 18.3 Å². The van der Waals surface area contributed by atoms with E-state index in [0.717, 1.165) is 35.0 Å². The van der Waals surface area contributed by atoms with E-state index in [1.165, 1.54) is 11.3 Å². The van der Waals surface area contributed by atoms with E-state index in [-0.39, 0.29) is 24.3 Å². The van der Waals surface area contributed by atoms with Gasteiger partial charge in [-0.25, -0.2) is 4.98 Å². The Morgan fingerprint density at radius 1 is 1.16 bits per heavy atom. The molecule has 7 nitrogen and oxygen atoms in total. The number of aromatic nitrogens is 2. The number of carbonyl (C=O) groups excluding carboxylic acids is 2. The number of benzene rings is 1. The number of likely N-dealkylation sites (tertiary alicyclic amines) is 1. The van der Waals surface area contributed by atoms with Gasteiger partial charge in [0.05, 0.1) is 24.4 Å². The van der Waals surface area contributed by atoms with Crippen LogP contribution in [0.1, 0.15) is 35.8 Å². The molecule has 1 aliphatic rings. The molecule has 1 N–H and O–H groups in total. The molecule has 0 saturated carbocycles. The minimum Gasteiger partial charge on any atom is -0.494 e. The summed E-state index contributed by atoms with van der Waals surface area (Å²) in [6.45, 7) is 3.77. The van der Waals surface area contributed by atoms with Crippen molar-refractivity contribution in [3.63, 3.8) is 0 Å². The fraction of sp³-hybridized carbons (Fsp3) is 0.333. The lowest BCUT2D eigenvalue weighted by Gasteiger charge is -2.32. The van der Waals surface area contributed by atoms with Crippen LogP contribution in [0.25, 0.3) is 10.7 Å². The molecule has 1 aromatic carbocycles. The van der Waals surface area contributed by atoms with Gasteiger partial charge in [0.15, 0.2) is 0 Å². The molecule has 1 aliphatic heterocycles. The summed E-state index contributed by atoms with van der Waals surface area (Å²) < 4.78 is 5.43. The van der Waals surface area contributed by atoms with Crippen LogP contribution in [0.2, 0.25) is 0 Å². The van der Waals surface area contributed by atoms with E-state index >= 15 is 0 Å². The molecule has 0 unspecified atom stereocenters. The van der Waals surface area contributed by atoms with E-state index < -0.39 is 0 Å². The van der Waals surface area contributed by atoms with Gasteiger partial charge in [0.25, 0.3) is 5.91 Å². The Morgan fingerprint density at radius 3 is 2.62 bits per heavy atom. The lowest BCUT2D eigenvalue weighted by atomic mass is 10.0. The van der Waals surface area contributed by atoms with Crippen LogP contribution in [0, 0.1) is 0 Å². The molecule has 0 atom stereocenters. The lowest BCUT2D eigenvalue weighted by Crippen LogP contribution is -2.46. The Kier molecular flexibility index (Phi) is 7.11. The average Bonchev–Trinajstić information content (AvgIpc) is 3.29. The van der Waals surface area contributed by atoms with Crippen LogP contribution in [-0.2, 0) is 11.2 Å². The maximum Gasteiger partial charge on any atom is 0.253 e. The number of piperidine rings is 1. The number of pyridine rings is 1. The van der Waals surface area contributed by atoms with Gasteiger partial charge in [-0.1, -0.05) is 6.07 Å². The molecule has 166 valence electrons. The van der Waals surface area contributed by atoms with Gasteiger partial charge in [0, 0.05) is 36.3 Å². The van der Waals surface area contributed by atoms with Crippen molar-refractivity contribution in [2.24, 2.45) is 0 Å². The number of carbonyl (C=O) groups is 2. The van der Waals surface area contributed by atoms with Crippen molar-refractivity contribution in [3.05, 3.63) is 65.3 Å². The molecule has 0 aliphatic carbocycles. The van der Waals surface area contributed by atoms with Crippen molar-refractivity contribution in [2.45, 2.75) is 32.2 Å². The summed E-state index contributed by atoms with van der Waals surface area (Å²) in [5, 5.41) is 5.81.